The first-order valence-corrected chi connectivity index (χ1v) is 10.5. The standard InChI is InChI=1S/C17H21N4O9P/c1-7-3-9-10(4-8(7)2)21(15-13(18-9)16(25)20-17(26)19-15)5-11(22)14(24)12(23)6-30-31(27,28)29/h3-4,11-12,14,22-24H,5-6H2,1-2H3,(H,20,25,26)(H2,27,28,29)/p-2/t11-,12-,14-/m1/s1. The number of phosphoric acid groups is 1. The Balaban J connectivity index is 2.06. The molecule has 0 aromatic heterocycles. The van der Waals surface area contributed by atoms with Gasteiger partial charge in [-0.2, -0.15) is 4.98 Å². The summed E-state index contributed by atoms with van der Waals surface area (Å²) < 4.78 is 15.8. The number of fused-ring (bicyclic) bond motifs is 2. The predicted molar refractivity (Wildman–Crippen MR) is 102 cm³/mol. The quantitative estimate of drug-likeness (QED) is 0.210. The number of aromatic nitrogens is 4. The Bertz CT molecular complexity index is 1250. The molecular weight excluding hydrogens is 435 g/mol. The fourth-order valence-corrected chi connectivity index (χ4v) is 3.39. The molecule has 0 unspecified atom stereocenters. The third-order valence-corrected chi connectivity index (χ3v) is 5.25. The van der Waals surface area contributed by atoms with E-state index in [1.807, 2.05) is 18.8 Å². The molecule has 2 aliphatic heterocycles. The van der Waals surface area contributed by atoms with E-state index < -0.39 is 50.5 Å². The summed E-state index contributed by atoms with van der Waals surface area (Å²) in [4.78, 5) is 55.1. The molecule has 3 atom stereocenters. The number of H-pyrrole nitrogens is 1. The van der Waals surface area contributed by atoms with Crippen molar-refractivity contribution < 1.29 is 34.2 Å². The summed E-state index contributed by atoms with van der Waals surface area (Å²) in [6, 6.07) is 3.38. The van der Waals surface area contributed by atoms with E-state index in [2.05, 4.69) is 14.5 Å². The van der Waals surface area contributed by atoms with Gasteiger partial charge in [0.25, 0.3) is 5.56 Å². The highest BCUT2D eigenvalue weighted by atomic mass is 31.2. The number of aromatic amines is 1. The second-order valence-corrected chi connectivity index (χ2v) is 8.21. The van der Waals surface area contributed by atoms with Crippen molar-refractivity contribution in [2.45, 2.75) is 38.7 Å². The number of aryl methyl sites for hydroxylation is 2. The van der Waals surface area contributed by atoms with Crippen molar-refractivity contribution in [3.05, 3.63) is 44.1 Å². The number of hydrogen-bond donors (Lipinski definition) is 4. The van der Waals surface area contributed by atoms with Crippen LogP contribution in [0.2, 0.25) is 0 Å². The van der Waals surface area contributed by atoms with E-state index in [9.17, 15) is 39.3 Å². The molecule has 168 valence electrons. The maximum absolute atomic E-state index is 12.2. The minimum atomic E-state index is -5.39. The summed E-state index contributed by atoms with van der Waals surface area (Å²) in [5, 5.41) is 30.4. The van der Waals surface area contributed by atoms with Gasteiger partial charge in [-0.3, -0.25) is 9.78 Å². The van der Waals surface area contributed by atoms with Crippen molar-refractivity contribution in [1.29, 1.82) is 0 Å². The Morgan fingerprint density at radius 2 is 1.77 bits per heavy atom. The summed E-state index contributed by atoms with van der Waals surface area (Å²) in [5.41, 5.74) is 0.512. The van der Waals surface area contributed by atoms with Gasteiger partial charge in [-0.15, -0.1) is 0 Å². The molecule has 0 bridgehead atoms. The molecule has 0 amide bonds. The lowest BCUT2D eigenvalue weighted by molar-refractivity contribution is -0.343. The average Bonchev–Trinajstić information content (AvgIpc) is 2.67. The lowest BCUT2D eigenvalue weighted by atomic mass is 10.1. The molecule has 2 aliphatic rings. The van der Waals surface area contributed by atoms with Crippen molar-refractivity contribution in [2.24, 2.45) is 0 Å². The smallest absolute Gasteiger partial charge is 0.349 e. The number of rotatable bonds is 7. The number of nitrogens with one attached hydrogen (secondary N) is 1. The Labute approximate surface area is 174 Å². The van der Waals surface area contributed by atoms with Gasteiger partial charge in [-0.1, -0.05) is 0 Å². The summed E-state index contributed by atoms with van der Waals surface area (Å²) in [7, 11) is -5.39. The van der Waals surface area contributed by atoms with E-state index in [1.165, 1.54) is 4.57 Å². The Hall–Kier alpha value is -2.51. The van der Waals surface area contributed by atoms with Crippen molar-refractivity contribution >= 4 is 18.9 Å². The van der Waals surface area contributed by atoms with Crippen molar-refractivity contribution in [1.82, 2.24) is 19.5 Å². The van der Waals surface area contributed by atoms with Crippen molar-refractivity contribution in [3.63, 3.8) is 0 Å². The van der Waals surface area contributed by atoms with Crippen LogP contribution in [-0.4, -0.2) is 59.8 Å². The van der Waals surface area contributed by atoms with E-state index in [4.69, 9.17) is 0 Å². The molecule has 1 aromatic rings. The van der Waals surface area contributed by atoms with Gasteiger partial charge in [0.1, 0.15) is 18.3 Å². The highest BCUT2D eigenvalue weighted by Crippen LogP contribution is 2.26. The SMILES string of the molecule is Cc1cc2nc3c(=O)[nH]c(=O)nc-3n(C[C@@H](O)[C@@H](O)[C@H](O)COP(=O)([O-])[O-])c2cc1C. The summed E-state index contributed by atoms with van der Waals surface area (Å²) in [6.45, 7) is 2.11. The molecule has 0 saturated carbocycles. The normalized spacial score (nSPS) is 15.3. The van der Waals surface area contributed by atoms with Crippen molar-refractivity contribution in [2.75, 3.05) is 6.61 Å². The topological polar surface area (TPSA) is 214 Å². The summed E-state index contributed by atoms with van der Waals surface area (Å²) in [6.07, 6.45) is -5.58. The van der Waals surface area contributed by atoms with Gasteiger partial charge in [0.2, 0.25) is 0 Å². The third kappa shape index (κ3) is 5.05. The lowest BCUT2D eigenvalue weighted by Crippen LogP contribution is -2.43. The first kappa shape index (κ1) is 23.2. The first-order valence-electron chi connectivity index (χ1n) is 9.00. The molecule has 0 saturated heterocycles. The van der Waals surface area contributed by atoms with Crippen LogP contribution in [0.5, 0.6) is 0 Å². The Morgan fingerprint density at radius 3 is 2.42 bits per heavy atom. The van der Waals surface area contributed by atoms with E-state index in [0.717, 1.165) is 11.1 Å². The maximum atomic E-state index is 12.2. The molecule has 0 radical (unpaired) electrons. The van der Waals surface area contributed by atoms with Crippen LogP contribution in [0.25, 0.3) is 22.6 Å². The molecule has 4 N–H and O–H groups in total. The molecule has 1 aromatic carbocycles. The van der Waals surface area contributed by atoms with Crippen LogP contribution in [-0.2, 0) is 15.6 Å². The molecule has 14 heteroatoms. The Kier molecular flexibility index (Phi) is 6.39. The zero-order valence-corrected chi connectivity index (χ0v) is 17.3. The van der Waals surface area contributed by atoms with Crippen LogP contribution in [0.1, 0.15) is 11.1 Å². The minimum absolute atomic E-state index is 0.162. The molecule has 13 nitrogen and oxygen atoms in total. The molecule has 0 fully saturated rings. The van der Waals surface area contributed by atoms with Gasteiger partial charge >= 0.3 is 5.69 Å². The van der Waals surface area contributed by atoms with Crippen LogP contribution in [0, 0.1) is 13.8 Å². The van der Waals surface area contributed by atoms with E-state index >= 15 is 0 Å². The van der Waals surface area contributed by atoms with E-state index in [-0.39, 0.29) is 11.5 Å². The number of phosphoric ester groups is 1. The third-order valence-electron chi connectivity index (χ3n) is 4.79. The highest BCUT2D eigenvalue weighted by Gasteiger charge is 2.28. The van der Waals surface area contributed by atoms with Gasteiger partial charge < -0.3 is 38.8 Å². The number of benzene rings is 1. The molecule has 0 aliphatic carbocycles. The van der Waals surface area contributed by atoms with Gasteiger partial charge in [-0.25, -0.2) is 9.78 Å². The van der Waals surface area contributed by atoms with E-state index in [0.29, 0.717) is 11.0 Å². The van der Waals surface area contributed by atoms with Crippen LogP contribution in [0.3, 0.4) is 0 Å². The van der Waals surface area contributed by atoms with Gasteiger partial charge in [0.15, 0.2) is 11.5 Å². The van der Waals surface area contributed by atoms with Crippen molar-refractivity contribution in [3.8, 4) is 11.5 Å². The van der Waals surface area contributed by atoms with Gasteiger partial charge in [-0.05, 0) is 37.1 Å². The highest BCUT2D eigenvalue weighted by molar-refractivity contribution is 7.43. The fraction of sp³-hybridized carbons (Fsp3) is 0.412. The van der Waals surface area contributed by atoms with Crippen LogP contribution < -0.4 is 21.0 Å². The summed E-state index contributed by atoms with van der Waals surface area (Å²) in [5.74, 6) is -0.162. The molecule has 0 spiro atoms. The largest absolute Gasteiger partial charge is 0.790 e. The molecule has 2 heterocycles. The number of aliphatic hydroxyl groups excluding tert-OH is 3. The molecule has 31 heavy (non-hydrogen) atoms. The van der Waals surface area contributed by atoms with Gasteiger partial charge in [0, 0.05) is 0 Å². The fourth-order valence-electron chi connectivity index (χ4n) is 3.05. The maximum Gasteiger partial charge on any atom is 0.349 e. The zero-order valence-electron chi connectivity index (χ0n) is 16.4. The van der Waals surface area contributed by atoms with Crippen LogP contribution >= 0.6 is 7.82 Å². The van der Waals surface area contributed by atoms with Crippen LogP contribution in [0.15, 0.2) is 21.7 Å². The zero-order chi connectivity index (χ0) is 23.1. The van der Waals surface area contributed by atoms with E-state index in [1.54, 1.807) is 12.1 Å². The number of nitrogens with zero attached hydrogens (tertiary/aromatic N) is 3. The van der Waals surface area contributed by atoms with Gasteiger partial charge in [0.05, 0.1) is 32.0 Å². The number of hydrogen-bond acceptors (Lipinski definition) is 11. The monoisotopic (exact) mass is 454 g/mol. The Morgan fingerprint density at radius 1 is 1.13 bits per heavy atom. The average molecular weight is 454 g/mol. The first-order chi connectivity index (χ1) is 14.4. The minimum Gasteiger partial charge on any atom is -0.790 e. The number of aliphatic hydroxyl groups is 3. The predicted octanol–water partition coefficient (Wildman–Crippen LogP) is -2.87. The van der Waals surface area contributed by atoms with Crippen LogP contribution in [0.4, 0.5) is 0 Å². The molecular formula is C17H19N4O9P-2. The summed E-state index contributed by atoms with van der Waals surface area (Å²) >= 11 is 0. The lowest BCUT2D eigenvalue weighted by Gasteiger charge is -2.31. The second-order valence-electron chi connectivity index (χ2n) is 7.06. The molecule has 3 rings (SSSR count). The second kappa shape index (κ2) is 8.55.